The van der Waals surface area contributed by atoms with E-state index in [1.807, 2.05) is 38.1 Å². The number of carbonyl (C=O) groups is 4. The first-order chi connectivity index (χ1) is 30.9. The van der Waals surface area contributed by atoms with Crippen LogP contribution in [0.3, 0.4) is 0 Å². The van der Waals surface area contributed by atoms with E-state index in [9.17, 15) is 32.7 Å². The van der Waals surface area contributed by atoms with Crippen molar-refractivity contribution in [1.82, 2.24) is 10.2 Å². The number of Topliss-reactive ketones (excluding diaryl/α,β-unsaturated/α-hetero) is 1. The molecule has 0 aliphatic carbocycles. The monoisotopic (exact) mass is 930 g/mol. The van der Waals surface area contributed by atoms with Gasteiger partial charge < -0.3 is 48.5 Å². The van der Waals surface area contributed by atoms with Gasteiger partial charge in [0.25, 0.3) is 5.91 Å². The molecule has 1 heterocycles. The van der Waals surface area contributed by atoms with Crippen LogP contribution in [0.25, 0.3) is 0 Å². The molecular formula is C46H62N2O14S2. The SMILES string of the molecule is Cc1ccc(SCC(CS(=O)(=O)c2ccc(C)cc2)C(=O)c2ccc(C(=O)N[C@@H](CCC(=O)O)C(=O)N3CCOCCOCCOCCOCCOCCOCCOCC3)cc2)cc1. The number of nitrogens with zero attached hydrogens (tertiary/aromatic N) is 1. The van der Waals surface area contributed by atoms with E-state index >= 15 is 0 Å². The molecule has 1 unspecified atom stereocenters. The Bertz CT molecular complexity index is 1940. The summed E-state index contributed by atoms with van der Waals surface area (Å²) in [5.41, 5.74) is 2.30. The second-order valence-electron chi connectivity index (χ2n) is 14.9. The summed E-state index contributed by atoms with van der Waals surface area (Å²) in [5, 5.41) is 12.2. The lowest BCUT2D eigenvalue weighted by Gasteiger charge is -2.28. The smallest absolute Gasteiger partial charge is 0.303 e. The van der Waals surface area contributed by atoms with Crippen LogP contribution in [0, 0.1) is 19.8 Å². The van der Waals surface area contributed by atoms with Crippen molar-refractivity contribution in [2.45, 2.75) is 42.5 Å². The number of carboxylic acids is 1. The van der Waals surface area contributed by atoms with Crippen LogP contribution in [0.5, 0.6) is 0 Å². The van der Waals surface area contributed by atoms with E-state index < -0.39 is 57.5 Å². The molecule has 4 rings (SSSR count). The Hall–Kier alpha value is -4.24. The molecule has 0 bridgehead atoms. The summed E-state index contributed by atoms with van der Waals surface area (Å²) in [6, 6.07) is 18.8. The summed E-state index contributed by atoms with van der Waals surface area (Å²) >= 11 is 1.38. The average Bonchev–Trinajstić information content (AvgIpc) is 3.28. The molecule has 18 heteroatoms. The van der Waals surface area contributed by atoms with Gasteiger partial charge in [-0.3, -0.25) is 19.2 Å². The number of ketones is 1. The predicted molar refractivity (Wildman–Crippen MR) is 240 cm³/mol. The van der Waals surface area contributed by atoms with Gasteiger partial charge in [-0.05, 0) is 56.7 Å². The van der Waals surface area contributed by atoms with Crippen LogP contribution in [0.1, 0.15) is 44.7 Å². The summed E-state index contributed by atoms with van der Waals surface area (Å²) in [4.78, 5) is 55.9. The van der Waals surface area contributed by atoms with Crippen LogP contribution in [-0.2, 0) is 52.6 Å². The third-order valence-electron chi connectivity index (χ3n) is 9.88. The number of ether oxygens (including phenoxy) is 7. The molecule has 1 fully saturated rings. The van der Waals surface area contributed by atoms with E-state index in [1.165, 1.54) is 53.1 Å². The molecule has 1 aliphatic rings. The molecular weight excluding hydrogens is 869 g/mol. The summed E-state index contributed by atoms with van der Waals surface area (Å²) in [5.74, 6) is -3.88. The molecule has 0 aromatic heterocycles. The number of amides is 2. The lowest BCUT2D eigenvalue weighted by molar-refractivity contribution is -0.138. The normalized spacial score (nSPS) is 17.3. The Balaban J connectivity index is 1.43. The fourth-order valence-corrected chi connectivity index (χ4v) is 8.93. The zero-order valence-corrected chi connectivity index (χ0v) is 38.4. The minimum atomic E-state index is -3.85. The van der Waals surface area contributed by atoms with Crippen molar-refractivity contribution in [2.24, 2.45) is 5.92 Å². The molecule has 64 heavy (non-hydrogen) atoms. The largest absolute Gasteiger partial charge is 0.481 e. The van der Waals surface area contributed by atoms with E-state index in [0.29, 0.717) is 66.1 Å². The predicted octanol–water partition coefficient (Wildman–Crippen LogP) is 4.29. The summed E-state index contributed by atoms with van der Waals surface area (Å²) < 4.78 is 66.1. The number of carboxylic acid groups (broad SMARTS) is 1. The third kappa shape index (κ3) is 19.9. The van der Waals surface area contributed by atoms with Gasteiger partial charge in [0.15, 0.2) is 15.6 Å². The van der Waals surface area contributed by atoms with Gasteiger partial charge in [-0.1, -0.05) is 47.5 Å². The number of hydrogen-bond acceptors (Lipinski definition) is 14. The molecule has 0 spiro atoms. The number of nitrogens with one attached hydrogen (secondary N) is 1. The second kappa shape index (κ2) is 29.3. The van der Waals surface area contributed by atoms with Crippen LogP contribution in [0.15, 0.2) is 82.6 Å². The fourth-order valence-electron chi connectivity index (χ4n) is 6.25. The summed E-state index contributed by atoms with van der Waals surface area (Å²) in [7, 11) is -3.85. The Kier molecular flexibility index (Phi) is 24.0. The Morgan fingerprint density at radius 1 is 0.625 bits per heavy atom. The second-order valence-corrected chi connectivity index (χ2v) is 18.1. The zero-order valence-electron chi connectivity index (χ0n) is 36.7. The van der Waals surface area contributed by atoms with E-state index in [0.717, 1.165) is 16.0 Å². The summed E-state index contributed by atoms with van der Waals surface area (Å²) in [6.07, 6.45) is -0.587. The number of sulfone groups is 1. The maximum Gasteiger partial charge on any atom is 0.303 e. The third-order valence-corrected chi connectivity index (χ3v) is 12.9. The van der Waals surface area contributed by atoms with Crippen LogP contribution >= 0.6 is 11.8 Å². The molecule has 0 radical (unpaired) electrons. The van der Waals surface area contributed by atoms with Gasteiger partial charge in [-0.2, -0.15) is 0 Å². The standard InChI is InChI=1S/C46H62N2O14S2/c1-35-3-11-40(12-4-35)63-33-39(34-64(54,55)41-13-5-36(2)6-14-41)44(51)37-7-9-38(10-8-37)45(52)47-42(15-16-43(49)50)46(53)48-17-19-56-21-23-58-25-27-60-29-31-62-32-30-61-28-26-59-24-22-57-20-18-48/h3-14,39,42H,15-34H2,1-2H3,(H,47,52)(H,49,50)/t39?,42-/m0/s1. The molecule has 1 saturated heterocycles. The number of carbonyl (C=O) groups excluding carboxylic acids is 3. The first-order valence-corrected chi connectivity index (χ1v) is 24.1. The summed E-state index contributed by atoms with van der Waals surface area (Å²) in [6.45, 7) is 8.70. The highest BCUT2D eigenvalue weighted by Gasteiger charge is 2.30. The van der Waals surface area contributed by atoms with E-state index in [2.05, 4.69) is 5.32 Å². The quantitative estimate of drug-likeness (QED) is 0.171. The Morgan fingerprint density at radius 3 is 1.50 bits per heavy atom. The Morgan fingerprint density at radius 2 is 1.05 bits per heavy atom. The number of thioether (sulfide) groups is 1. The highest BCUT2D eigenvalue weighted by atomic mass is 32.2. The first-order valence-electron chi connectivity index (χ1n) is 21.4. The molecule has 2 N–H and O–H groups in total. The van der Waals surface area contributed by atoms with Crippen LogP contribution in [0.2, 0.25) is 0 Å². The minimum absolute atomic E-state index is 0.113. The molecule has 16 nitrogen and oxygen atoms in total. The molecule has 1 aliphatic heterocycles. The maximum atomic E-state index is 14.0. The molecule has 0 saturated carbocycles. The van der Waals surface area contributed by atoms with Crippen molar-refractivity contribution in [3.05, 3.63) is 95.1 Å². The van der Waals surface area contributed by atoms with Crippen LogP contribution in [-0.4, -0.2) is 165 Å². The highest BCUT2D eigenvalue weighted by molar-refractivity contribution is 7.99. The lowest BCUT2D eigenvalue weighted by Crippen LogP contribution is -2.50. The van der Waals surface area contributed by atoms with Gasteiger partial charge >= 0.3 is 5.97 Å². The lowest BCUT2D eigenvalue weighted by atomic mass is 9.99. The first kappa shape index (κ1) is 52.4. The van der Waals surface area contributed by atoms with Gasteiger partial charge in [0, 0.05) is 47.2 Å². The van der Waals surface area contributed by atoms with Crippen molar-refractivity contribution in [3.8, 4) is 0 Å². The number of benzene rings is 3. The molecule has 3 aromatic carbocycles. The van der Waals surface area contributed by atoms with E-state index in [4.69, 9.17) is 33.2 Å². The number of aliphatic carboxylic acids is 1. The zero-order chi connectivity index (χ0) is 46.0. The van der Waals surface area contributed by atoms with E-state index in [-0.39, 0.29) is 67.7 Å². The van der Waals surface area contributed by atoms with Crippen LogP contribution < -0.4 is 5.32 Å². The maximum absolute atomic E-state index is 14.0. The molecule has 2 atom stereocenters. The van der Waals surface area contributed by atoms with Gasteiger partial charge in [-0.15, -0.1) is 11.8 Å². The van der Waals surface area contributed by atoms with Crippen molar-refractivity contribution >= 4 is 45.2 Å². The molecule has 2 amide bonds. The topological polar surface area (TPSA) is 203 Å². The highest BCUT2D eigenvalue weighted by Crippen LogP contribution is 2.26. The minimum Gasteiger partial charge on any atom is -0.481 e. The number of aryl methyl sites for hydroxylation is 2. The molecule has 3 aromatic rings. The van der Waals surface area contributed by atoms with Crippen molar-refractivity contribution in [1.29, 1.82) is 0 Å². The average molecular weight is 931 g/mol. The fraction of sp³-hybridized carbons (Fsp3) is 0.522. The molecule has 352 valence electrons. The van der Waals surface area contributed by atoms with Gasteiger partial charge in [0.2, 0.25) is 5.91 Å². The van der Waals surface area contributed by atoms with Gasteiger partial charge in [0.05, 0.1) is 103 Å². The van der Waals surface area contributed by atoms with Gasteiger partial charge in [-0.25, -0.2) is 8.42 Å². The van der Waals surface area contributed by atoms with Crippen molar-refractivity contribution in [2.75, 3.05) is 117 Å². The number of rotatable bonds is 14. The number of hydrogen-bond donors (Lipinski definition) is 2. The van der Waals surface area contributed by atoms with Gasteiger partial charge in [0.1, 0.15) is 6.04 Å². The van der Waals surface area contributed by atoms with Crippen LogP contribution in [0.4, 0.5) is 0 Å². The van der Waals surface area contributed by atoms with Crippen molar-refractivity contribution in [3.63, 3.8) is 0 Å². The Labute approximate surface area is 380 Å². The van der Waals surface area contributed by atoms with Crippen molar-refractivity contribution < 1.29 is 65.9 Å². The van der Waals surface area contributed by atoms with E-state index in [1.54, 1.807) is 12.1 Å².